The molecular formula is C10H13BrN2O2. The van der Waals surface area contributed by atoms with E-state index in [0.29, 0.717) is 16.2 Å². The number of carbonyl (C=O) groups is 1. The van der Waals surface area contributed by atoms with E-state index in [2.05, 4.69) is 40.1 Å². The van der Waals surface area contributed by atoms with Crippen molar-refractivity contribution in [1.29, 1.82) is 0 Å². The molecule has 0 saturated heterocycles. The summed E-state index contributed by atoms with van der Waals surface area (Å²) in [5.74, 6) is 0.116. The van der Waals surface area contributed by atoms with E-state index in [-0.39, 0.29) is 5.56 Å². The van der Waals surface area contributed by atoms with Gasteiger partial charge in [-0.3, -0.25) is 0 Å². The summed E-state index contributed by atoms with van der Waals surface area (Å²) in [7, 11) is 0. The first-order valence-electron chi connectivity index (χ1n) is 4.63. The molecule has 0 aromatic carbocycles. The van der Waals surface area contributed by atoms with Crippen LogP contribution in [0, 0.1) is 5.92 Å². The van der Waals surface area contributed by atoms with Crippen molar-refractivity contribution in [1.82, 2.24) is 4.98 Å². The number of nitrogens with one attached hydrogen (secondary N) is 1. The van der Waals surface area contributed by atoms with Crippen LogP contribution in [0.1, 0.15) is 24.2 Å². The van der Waals surface area contributed by atoms with E-state index in [1.165, 1.54) is 12.3 Å². The maximum atomic E-state index is 10.8. The van der Waals surface area contributed by atoms with Gasteiger partial charge >= 0.3 is 5.97 Å². The summed E-state index contributed by atoms with van der Waals surface area (Å²) in [6.07, 6.45) is 1.49. The minimum absolute atomic E-state index is 0.219. The van der Waals surface area contributed by atoms with Crippen LogP contribution in [0.25, 0.3) is 0 Å². The summed E-state index contributed by atoms with van der Waals surface area (Å²) in [5, 5.41) is 12.0. The number of halogens is 1. The van der Waals surface area contributed by atoms with Crippen molar-refractivity contribution in [3.63, 3.8) is 0 Å². The molecule has 0 aliphatic heterocycles. The van der Waals surface area contributed by atoms with Gasteiger partial charge in [0.2, 0.25) is 0 Å². The highest BCUT2D eigenvalue weighted by molar-refractivity contribution is 9.10. The van der Waals surface area contributed by atoms with Crippen LogP contribution >= 0.6 is 15.9 Å². The Morgan fingerprint density at radius 2 is 2.33 bits per heavy atom. The van der Waals surface area contributed by atoms with Crippen LogP contribution < -0.4 is 5.32 Å². The standard InChI is InChI=1S/C10H13BrN2O2/c1-6(2)4-12-9-3-7(10(14)15)8(11)5-13-9/h3,5-6H,4H2,1-2H3,(H,12,13)(H,14,15). The van der Waals surface area contributed by atoms with Crippen molar-refractivity contribution in [3.05, 3.63) is 22.3 Å². The number of pyridine rings is 1. The van der Waals surface area contributed by atoms with Gasteiger partial charge in [-0.25, -0.2) is 9.78 Å². The highest BCUT2D eigenvalue weighted by Gasteiger charge is 2.09. The first-order valence-corrected chi connectivity index (χ1v) is 5.42. The Balaban J connectivity index is 2.83. The summed E-state index contributed by atoms with van der Waals surface area (Å²) in [5.41, 5.74) is 0.219. The van der Waals surface area contributed by atoms with Gasteiger partial charge in [-0.15, -0.1) is 0 Å². The first kappa shape index (κ1) is 12.0. The van der Waals surface area contributed by atoms with E-state index >= 15 is 0 Å². The van der Waals surface area contributed by atoms with Gasteiger partial charge < -0.3 is 10.4 Å². The molecule has 2 N–H and O–H groups in total. The van der Waals surface area contributed by atoms with Crippen molar-refractivity contribution in [2.45, 2.75) is 13.8 Å². The number of aromatic carboxylic acids is 1. The van der Waals surface area contributed by atoms with Crippen LogP contribution in [0.2, 0.25) is 0 Å². The molecule has 0 bridgehead atoms. The maximum Gasteiger partial charge on any atom is 0.337 e. The highest BCUT2D eigenvalue weighted by atomic mass is 79.9. The normalized spacial score (nSPS) is 10.4. The Morgan fingerprint density at radius 3 is 2.87 bits per heavy atom. The second-order valence-electron chi connectivity index (χ2n) is 3.63. The number of nitrogens with zero attached hydrogens (tertiary/aromatic N) is 1. The molecule has 82 valence electrons. The third-order valence-corrected chi connectivity index (χ3v) is 2.41. The first-order chi connectivity index (χ1) is 7.00. The topological polar surface area (TPSA) is 62.2 Å². The molecular weight excluding hydrogens is 260 g/mol. The van der Waals surface area contributed by atoms with Gasteiger partial charge in [0.05, 0.1) is 10.0 Å². The lowest BCUT2D eigenvalue weighted by Gasteiger charge is -2.08. The predicted octanol–water partition coefficient (Wildman–Crippen LogP) is 2.61. The van der Waals surface area contributed by atoms with Crippen molar-refractivity contribution in [2.75, 3.05) is 11.9 Å². The minimum Gasteiger partial charge on any atom is -0.478 e. The fourth-order valence-electron chi connectivity index (χ4n) is 1.01. The van der Waals surface area contributed by atoms with Gasteiger partial charge in [0.15, 0.2) is 0 Å². The van der Waals surface area contributed by atoms with Crippen LogP contribution in [0.5, 0.6) is 0 Å². The van der Waals surface area contributed by atoms with Crippen molar-refractivity contribution in [3.8, 4) is 0 Å². The molecule has 4 nitrogen and oxygen atoms in total. The van der Waals surface area contributed by atoms with Gasteiger partial charge in [-0.1, -0.05) is 13.8 Å². The molecule has 0 spiro atoms. The van der Waals surface area contributed by atoms with E-state index in [1.54, 1.807) is 0 Å². The van der Waals surface area contributed by atoms with Gasteiger partial charge in [0.25, 0.3) is 0 Å². The fourth-order valence-corrected chi connectivity index (χ4v) is 1.39. The Hall–Kier alpha value is -1.10. The lowest BCUT2D eigenvalue weighted by Crippen LogP contribution is -2.10. The maximum absolute atomic E-state index is 10.8. The Bertz CT molecular complexity index is 366. The second-order valence-corrected chi connectivity index (χ2v) is 4.48. The van der Waals surface area contributed by atoms with E-state index in [1.807, 2.05) is 0 Å². The van der Waals surface area contributed by atoms with Gasteiger partial charge in [0.1, 0.15) is 5.82 Å². The second kappa shape index (κ2) is 5.11. The van der Waals surface area contributed by atoms with Gasteiger partial charge in [0, 0.05) is 12.7 Å². The number of rotatable bonds is 4. The molecule has 0 amide bonds. The number of carboxylic acids is 1. The lowest BCUT2D eigenvalue weighted by molar-refractivity contribution is 0.0696. The summed E-state index contributed by atoms with van der Waals surface area (Å²) >= 11 is 3.14. The smallest absolute Gasteiger partial charge is 0.337 e. The molecule has 0 atom stereocenters. The molecule has 0 saturated carbocycles. The molecule has 15 heavy (non-hydrogen) atoms. The lowest BCUT2D eigenvalue weighted by atomic mass is 10.2. The van der Waals surface area contributed by atoms with E-state index in [0.717, 1.165) is 6.54 Å². The molecule has 0 aliphatic rings. The SMILES string of the molecule is CC(C)CNc1cc(C(=O)O)c(Br)cn1. The molecule has 0 radical (unpaired) electrons. The molecule has 1 heterocycles. The molecule has 0 aliphatic carbocycles. The van der Waals surface area contributed by atoms with Gasteiger partial charge in [-0.05, 0) is 27.9 Å². The zero-order valence-corrected chi connectivity index (χ0v) is 10.2. The predicted molar refractivity (Wildman–Crippen MR) is 62.2 cm³/mol. The van der Waals surface area contributed by atoms with Crippen LogP contribution in [0.3, 0.4) is 0 Å². The molecule has 1 aromatic rings. The number of anilines is 1. The molecule has 0 fully saturated rings. The zero-order valence-electron chi connectivity index (χ0n) is 8.62. The monoisotopic (exact) mass is 272 g/mol. The average molecular weight is 273 g/mol. The Kier molecular flexibility index (Phi) is 4.08. The summed E-state index contributed by atoms with van der Waals surface area (Å²) in [4.78, 5) is 14.9. The van der Waals surface area contributed by atoms with Crippen molar-refractivity contribution >= 4 is 27.7 Å². The summed E-state index contributed by atoms with van der Waals surface area (Å²) < 4.78 is 0.491. The zero-order chi connectivity index (χ0) is 11.4. The molecule has 1 aromatic heterocycles. The number of hydrogen-bond acceptors (Lipinski definition) is 3. The number of carboxylic acid groups (broad SMARTS) is 1. The third kappa shape index (κ3) is 3.51. The Morgan fingerprint density at radius 1 is 1.67 bits per heavy atom. The summed E-state index contributed by atoms with van der Waals surface area (Å²) in [6, 6.07) is 1.52. The van der Waals surface area contributed by atoms with Gasteiger partial charge in [-0.2, -0.15) is 0 Å². The molecule has 5 heteroatoms. The fraction of sp³-hybridized carbons (Fsp3) is 0.400. The van der Waals surface area contributed by atoms with E-state index in [4.69, 9.17) is 5.11 Å². The van der Waals surface area contributed by atoms with Crippen molar-refractivity contribution < 1.29 is 9.90 Å². The Labute approximate surface area is 96.8 Å². The number of aromatic nitrogens is 1. The molecule has 0 unspecified atom stereocenters. The van der Waals surface area contributed by atoms with Crippen molar-refractivity contribution in [2.24, 2.45) is 5.92 Å². The van der Waals surface area contributed by atoms with Crippen LogP contribution in [0.4, 0.5) is 5.82 Å². The van der Waals surface area contributed by atoms with E-state index < -0.39 is 5.97 Å². The van der Waals surface area contributed by atoms with E-state index in [9.17, 15) is 4.79 Å². The van der Waals surface area contributed by atoms with Crippen LogP contribution in [-0.4, -0.2) is 22.6 Å². The highest BCUT2D eigenvalue weighted by Crippen LogP contribution is 2.18. The van der Waals surface area contributed by atoms with Crippen LogP contribution in [0.15, 0.2) is 16.7 Å². The molecule has 1 rings (SSSR count). The summed E-state index contributed by atoms with van der Waals surface area (Å²) in [6.45, 7) is 4.92. The minimum atomic E-state index is -0.961. The quantitative estimate of drug-likeness (QED) is 0.885. The third-order valence-electron chi connectivity index (χ3n) is 1.78. The number of hydrogen-bond donors (Lipinski definition) is 2. The van der Waals surface area contributed by atoms with Crippen LogP contribution in [-0.2, 0) is 0 Å². The largest absolute Gasteiger partial charge is 0.478 e. The average Bonchev–Trinajstić information content (AvgIpc) is 2.16.